The van der Waals surface area contributed by atoms with E-state index in [2.05, 4.69) is 10.6 Å². The molecule has 185 valence electrons. The Hall–Kier alpha value is -4.26. The molecule has 0 bridgehead atoms. The first-order valence-corrected chi connectivity index (χ1v) is 11.9. The average Bonchev–Trinajstić information content (AvgIpc) is 3.30. The van der Waals surface area contributed by atoms with Crippen LogP contribution in [0.3, 0.4) is 0 Å². The van der Waals surface area contributed by atoms with Crippen molar-refractivity contribution in [3.63, 3.8) is 0 Å². The van der Waals surface area contributed by atoms with Crippen LogP contribution in [0.5, 0.6) is 11.5 Å². The molecule has 0 saturated heterocycles. The molecule has 0 aliphatic carbocycles. The molecule has 1 heterocycles. The summed E-state index contributed by atoms with van der Waals surface area (Å²) < 4.78 is 11.1. The molecule has 7 heteroatoms. The fraction of sp³-hybridized carbons (Fsp3) is 0.241. The summed E-state index contributed by atoms with van der Waals surface area (Å²) in [5.74, 6) is 0.989. The van der Waals surface area contributed by atoms with E-state index in [1.54, 1.807) is 24.1 Å². The molecule has 7 nitrogen and oxygen atoms in total. The Morgan fingerprint density at radius 2 is 1.69 bits per heavy atom. The summed E-state index contributed by atoms with van der Waals surface area (Å²) >= 11 is 0. The smallest absolute Gasteiger partial charge is 0.258 e. The number of methoxy groups -OCH3 is 1. The highest BCUT2D eigenvalue weighted by Crippen LogP contribution is 2.33. The maximum Gasteiger partial charge on any atom is 0.258 e. The fourth-order valence-corrected chi connectivity index (χ4v) is 4.21. The highest BCUT2D eigenvalue weighted by atomic mass is 16.5. The number of carbonyl (C=O) groups excluding carboxylic acids is 2. The zero-order valence-corrected chi connectivity index (χ0v) is 20.5. The third-order valence-corrected chi connectivity index (χ3v) is 5.99. The second kappa shape index (κ2) is 11.9. The summed E-state index contributed by atoms with van der Waals surface area (Å²) in [7, 11) is 1.61. The molecule has 0 fully saturated rings. The lowest BCUT2D eigenvalue weighted by atomic mass is 9.99. The lowest BCUT2D eigenvalue weighted by Crippen LogP contribution is -2.46. The van der Waals surface area contributed by atoms with Gasteiger partial charge in [0.1, 0.15) is 11.5 Å². The molecule has 3 aromatic carbocycles. The Morgan fingerprint density at radius 1 is 0.972 bits per heavy atom. The molecule has 3 aromatic rings. The minimum absolute atomic E-state index is 0.0915. The van der Waals surface area contributed by atoms with Crippen molar-refractivity contribution in [1.29, 1.82) is 0 Å². The molecule has 1 unspecified atom stereocenters. The summed E-state index contributed by atoms with van der Waals surface area (Å²) in [6.07, 6.45) is 2.36. The van der Waals surface area contributed by atoms with E-state index < -0.39 is 0 Å². The third kappa shape index (κ3) is 6.44. The van der Waals surface area contributed by atoms with Crippen LogP contribution in [0.1, 0.15) is 24.5 Å². The van der Waals surface area contributed by atoms with Gasteiger partial charge in [-0.1, -0.05) is 54.6 Å². The van der Waals surface area contributed by atoms with Crippen molar-refractivity contribution < 1.29 is 19.1 Å². The van der Waals surface area contributed by atoms with Crippen molar-refractivity contribution in [2.75, 3.05) is 20.3 Å². The molecule has 36 heavy (non-hydrogen) atoms. The maximum atomic E-state index is 12.9. The molecule has 1 aliphatic heterocycles. The quantitative estimate of drug-likeness (QED) is 0.440. The molecule has 1 aliphatic rings. The number of hydrogen-bond acceptors (Lipinski definition) is 4. The van der Waals surface area contributed by atoms with Gasteiger partial charge in [-0.05, 0) is 36.3 Å². The van der Waals surface area contributed by atoms with Crippen molar-refractivity contribution in [3.05, 3.63) is 96.2 Å². The third-order valence-electron chi connectivity index (χ3n) is 5.99. The predicted molar refractivity (Wildman–Crippen MR) is 139 cm³/mol. The summed E-state index contributed by atoms with van der Waals surface area (Å²) in [6, 6.07) is 24.4. The van der Waals surface area contributed by atoms with Gasteiger partial charge >= 0.3 is 0 Å². The SMILES string of the molecule is COc1ccccc1CN(CC(CC1=C[N]c2ccccc21)NC(=O)COc1ccccc1)C(C)=O. The number of carbonyl (C=O) groups is 2. The van der Waals surface area contributed by atoms with Gasteiger partial charge in [0, 0.05) is 37.3 Å². The second-order valence-electron chi connectivity index (χ2n) is 8.58. The number of rotatable bonds is 11. The molecule has 1 N–H and O–H groups in total. The first-order valence-electron chi connectivity index (χ1n) is 11.9. The van der Waals surface area contributed by atoms with Crippen molar-refractivity contribution >= 4 is 23.1 Å². The Bertz CT molecular complexity index is 1230. The predicted octanol–water partition coefficient (Wildman–Crippen LogP) is 4.29. The van der Waals surface area contributed by atoms with Crippen LogP contribution >= 0.6 is 0 Å². The van der Waals surface area contributed by atoms with Crippen LogP contribution in [-0.4, -0.2) is 43.0 Å². The number of benzene rings is 3. The first kappa shape index (κ1) is 24.9. The Morgan fingerprint density at radius 3 is 2.47 bits per heavy atom. The van der Waals surface area contributed by atoms with Crippen molar-refractivity contribution in [2.24, 2.45) is 0 Å². The number of ether oxygens (including phenoxy) is 2. The average molecular weight is 485 g/mol. The number of fused-ring (bicyclic) bond motifs is 1. The van der Waals surface area contributed by atoms with Gasteiger partial charge in [-0.25, -0.2) is 0 Å². The van der Waals surface area contributed by atoms with Crippen LogP contribution in [0.15, 0.2) is 85.1 Å². The van der Waals surface area contributed by atoms with Crippen LogP contribution < -0.4 is 20.1 Å². The van der Waals surface area contributed by atoms with Crippen LogP contribution in [0.2, 0.25) is 0 Å². The topological polar surface area (TPSA) is 82.0 Å². The monoisotopic (exact) mass is 484 g/mol. The van der Waals surface area contributed by atoms with Crippen LogP contribution in [0.25, 0.3) is 5.57 Å². The van der Waals surface area contributed by atoms with Crippen LogP contribution in [0, 0.1) is 0 Å². The molecular formula is C29H30N3O4. The number of para-hydroxylation sites is 3. The molecule has 0 spiro atoms. The van der Waals surface area contributed by atoms with Crippen molar-refractivity contribution in [1.82, 2.24) is 15.5 Å². The molecule has 0 saturated carbocycles. The van der Waals surface area contributed by atoms with Gasteiger partial charge in [-0.3, -0.25) is 14.9 Å². The van der Waals surface area contributed by atoms with E-state index in [0.29, 0.717) is 31.0 Å². The molecule has 2 amide bonds. The van der Waals surface area contributed by atoms with Crippen LogP contribution in [0.4, 0.5) is 5.69 Å². The Labute approximate surface area is 211 Å². The van der Waals surface area contributed by atoms with Gasteiger partial charge in [0.2, 0.25) is 5.91 Å². The van der Waals surface area contributed by atoms with Crippen molar-refractivity contribution in [2.45, 2.75) is 25.9 Å². The van der Waals surface area contributed by atoms with E-state index in [1.165, 1.54) is 6.92 Å². The Balaban J connectivity index is 1.49. The number of nitrogens with zero attached hydrogens (tertiary/aromatic N) is 2. The molecular weight excluding hydrogens is 454 g/mol. The van der Waals surface area contributed by atoms with Gasteiger partial charge in [0.25, 0.3) is 5.91 Å². The fourth-order valence-electron chi connectivity index (χ4n) is 4.21. The minimum Gasteiger partial charge on any atom is -0.496 e. The summed E-state index contributed by atoms with van der Waals surface area (Å²) in [5, 5.41) is 7.57. The zero-order chi connectivity index (χ0) is 25.3. The largest absolute Gasteiger partial charge is 0.496 e. The van der Waals surface area contributed by atoms with Crippen molar-refractivity contribution in [3.8, 4) is 11.5 Å². The Kier molecular flexibility index (Phi) is 8.24. The van der Waals surface area contributed by atoms with E-state index >= 15 is 0 Å². The van der Waals surface area contributed by atoms with E-state index in [-0.39, 0.29) is 24.5 Å². The first-order chi connectivity index (χ1) is 17.5. The highest BCUT2D eigenvalue weighted by Gasteiger charge is 2.24. The zero-order valence-electron chi connectivity index (χ0n) is 20.5. The standard InChI is InChI=1S/C29H30N3O4/c1-21(33)32(18-22-10-6-9-15-28(22)35-2)19-24(16-23-17-30-27-14-8-7-13-26(23)27)31-29(34)20-36-25-11-4-3-5-12-25/h3-15,17,24H,16,18-20H2,1-2H3,(H,31,34). The number of nitrogens with one attached hydrogen (secondary N) is 1. The summed E-state index contributed by atoms with van der Waals surface area (Å²) in [6.45, 7) is 2.11. The number of amides is 2. The normalized spacial score (nSPS) is 12.6. The second-order valence-corrected chi connectivity index (χ2v) is 8.58. The lowest BCUT2D eigenvalue weighted by molar-refractivity contribution is -0.131. The van der Waals surface area contributed by atoms with Gasteiger partial charge in [0.05, 0.1) is 18.8 Å². The molecule has 4 rings (SSSR count). The maximum absolute atomic E-state index is 12.9. The van der Waals surface area contributed by atoms with Crippen LogP contribution in [-0.2, 0) is 16.1 Å². The van der Waals surface area contributed by atoms with Gasteiger partial charge in [-0.2, -0.15) is 0 Å². The summed E-state index contributed by atoms with van der Waals surface area (Å²) in [4.78, 5) is 27.2. The summed E-state index contributed by atoms with van der Waals surface area (Å²) in [5.41, 5.74) is 3.85. The van der Waals surface area contributed by atoms with Gasteiger partial charge < -0.3 is 19.7 Å². The van der Waals surface area contributed by atoms with E-state index in [4.69, 9.17) is 9.47 Å². The molecule has 0 aromatic heterocycles. The molecule has 1 radical (unpaired) electrons. The highest BCUT2D eigenvalue weighted by molar-refractivity contribution is 5.81. The van der Waals surface area contributed by atoms with E-state index in [0.717, 1.165) is 22.4 Å². The number of hydrogen-bond donors (Lipinski definition) is 1. The van der Waals surface area contributed by atoms with E-state index in [1.807, 2.05) is 72.9 Å². The minimum atomic E-state index is -0.344. The lowest BCUT2D eigenvalue weighted by Gasteiger charge is -2.28. The molecule has 1 atom stereocenters. The van der Waals surface area contributed by atoms with Gasteiger partial charge in [0.15, 0.2) is 6.61 Å². The van der Waals surface area contributed by atoms with E-state index in [9.17, 15) is 9.59 Å². The van der Waals surface area contributed by atoms with Gasteiger partial charge in [-0.15, -0.1) is 0 Å².